The van der Waals surface area contributed by atoms with Crippen molar-refractivity contribution in [3.05, 3.63) is 114 Å². The molecular weight excluding hydrogens is 619 g/mol. The van der Waals surface area contributed by atoms with E-state index in [1.807, 2.05) is 72.8 Å². The zero-order chi connectivity index (χ0) is 32.7. The average molecular weight is 655 g/mol. The lowest BCUT2D eigenvalue weighted by Gasteiger charge is -2.23. The van der Waals surface area contributed by atoms with Gasteiger partial charge in [0.15, 0.2) is 0 Å². The highest BCUT2D eigenvalue weighted by atomic mass is 32.2. The normalized spacial score (nSPS) is 13.4. The van der Waals surface area contributed by atoms with Crippen LogP contribution in [0.2, 0.25) is 0 Å². The van der Waals surface area contributed by atoms with Gasteiger partial charge in [-0.25, -0.2) is 0 Å². The van der Waals surface area contributed by atoms with Gasteiger partial charge in [-0.2, -0.15) is 9.55 Å². The van der Waals surface area contributed by atoms with E-state index >= 15 is 4.57 Å². The minimum atomic E-state index is -3.92. The number of amides is 1. The van der Waals surface area contributed by atoms with E-state index < -0.39 is 19.4 Å². The first kappa shape index (κ1) is 32.7. The Hall–Kier alpha value is -4.66. The maximum atomic E-state index is 15.1. The van der Waals surface area contributed by atoms with Crippen molar-refractivity contribution in [2.45, 2.75) is 36.7 Å². The maximum Gasteiger partial charge on any atom is 0.364 e. The Balaban J connectivity index is 1.65. The molecule has 3 aromatic carbocycles. The Morgan fingerprint density at radius 1 is 0.957 bits per heavy atom. The van der Waals surface area contributed by atoms with Gasteiger partial charge in [0.2, 0.25) is 0 Å². The molecule has 236 valence electrons. The highest BCUT2D eigenvalue weighted by Crippen LogP contribution is 2.52. The van der Waals surface area contributed by atoms with Crippen molar-refractivity contribution in [1.29, 1.82) is 0 Å². The van der Waals surface area contributed by atoms with Crippen molar-refractivity contribution >= 4 is 54.2 Å². The molecule has 0 aliphatic rings. The number of nitrogens with zero attached hydrogens (tertiary/aromatic N) is 3. The van der Waals surface area contributed by atoms with E-state index in [9.17, 15) is 9.59 Å². The first-order chi connectivity index (χ1) is 22.2. The predicted molar refractivity (Wildman–Crippen MR) is 182 cm³/mol. The van der Waals surface area contributed by atoms with Gasteiger partial charge in [0.25, 0.3) is 5.91 Å². The second-order valence-electron chi connectivity index (χ2n) is 10.8. The van der Waals surface area contributed by atoms with Gasteiger partial charge in [-0.1, -0.05) is 55.1 Å². The summed E-state index contributed by atoms with van der Waals surface area (Å²) in [6.07, 6.45) is 4.88. The number of aromatic nitrogens is 3. The van der Waals surface area contributed by atoms with E-state index in [-0.39, 0.29) is 18.2 Å². The number of hydrogen-bond acceptors (Lipinski definition) is 8. The number of para-hydroxylation sites is 1. The molecule has 0 saturated carbocycles. The molecule has 0 radical (unpaired) electrons. The van der Waals surface area contributed by atoms with Gasteiger partial charge in [-0.3, -0.25) is 19.1 Å². The lowest BCUT2D eigenvalue weighted by atomic mass is 10.2. The number of ether oxygens (including phenoxy) is 1. The van der Waals surface area contributed by atoms with E-state index in [0.29, 0.717) is 22.5 Å². The Morgan fingerprint density at radius 2 is 1.70 bits per heavy atom. The molecular formula is C35H35N4O5PS. The number of pyridine rings is 1. The standard InChI is InChI=1S/C35H35N4O5PS/c1-24(2)43-35(41)25(3)23-45(42,44-27-13-6-5-7-14-27)39-32-22-28(46-33-16-9-8-15-30(33)34(40)36-4)18-19-29(32)31(38-39)20-17-26-12-10-11-21-37-26/h5-22,24-25H,23H2,1-4H3,(H,36,40)/b20-17+/t25-,45?/m1/s1. The molecule has 9 nitrogen and oxygen atoms in total. The fraction of sp³-hybridized carbons (Fsp3) is 0.200. The van der Waals surface area contributed by atoms with Gasteiger partial charge in [-0.15, -0.1) is 0 Å². The molecule has 1 unspecified atom stereocenters. The third-order valence-corrected chi connectivity index (χ3v) is 10.3. The van der Waals surface area contributed by atoms with Crippen molar-refractivity contribution in [1.82, 2.24) is 19.9 Å². The van der Waals surface area contributed by atoms with E-state index in [2.05, 4.69) is 10.3 Å². The Bertz CT molecular complexity index is 1910. The molecule has 1 amide bonds. The minimum Gasteiger partial charge on any atom is -0.463 e. The Labute approximate surface area is 272 Å². The van der Waals surface area contributed by atoms with Crippen LogP contribution in [0.3, 0.4) is 0 Å². The SMILES string of the molecule is CNC(=O)c1ccccc1Sc1ccc2c(/C=C/c3ccccn3)nn(P(=O)(C[C@@H](C)C(=O)OC(C)C)Oc3ccccc3)c2c1. The highest BCUT2D eigenvalue weighted by Gasteiger charge is 2.36. The smallest absolute Gasteiger partial charge is 0.364 e. The third kappa shape index (κ3) is 7.76. The lowest BCUT2D eigenvalue weighted by Crippen LogP contribution is -2.24. The van der Waals surface area contributed by atoms with E-state index in [1.54, 1.807) is 64.3 Å². The van der Waals surface area contributed by atoms with Crippen LogP contribution in [0.15, 0.2) is 107 Å². The molecule has 5 aromatic rings. The van der Waals surface area contributed by atoms with Gasteiger partial charge >= 0.3 is 13.5 Å². The fourth-order valence-corrected chi connectivity index (χ4v) is 8.04. The van der Waals surface area contributed by atoms with Crippen molar-refractivity contribution in [3.8, 4) is 5.75 Å². The minimum absolute atomic E-state index is 0.148. The van der Waals surface area contributed by atoms with Crippen molar-refractivity contribution in [3.63, 3.8) is 0 Å². The summed E-state index contributed by atoms with van der Waals surface area (Å²) < 4.78 is 28.3. The van der Waals surface area contributed by atoms with Crippen LogP contribution in [-0.4, -0.2) is 45.7 Å². The van der Waals surface area contributed by atoms with Crippen LogP contribution in [0.5, 0.6) is 5.75 Å². The zero-order valence-corrected chi connectivity index (χ0v) is 27.7. The lowest BCUT2D eigenvalue weighted by molar-refractivity contribution is -0.151. The Kier molecular flexibility index (Phi) is 10.4. The summed E-state index contributed by atoms with van der Waals surface area (Å²) >= 11 is 1.41. The largest absolute Gasteiger partial charge is 0.463 e. The maximum absolute atomic E-state index is 15.1. The van der Waals surface area contributed by atoms with E-state index in [1.165, 1.54) is 16.2 Å². The van der Waals surface area contributed by atoms with Crippen LogP contribution in [0.25, 0.3) is 23.1 Å². The molecule has 2 heterocycles. The summed E-state index contributed by atoms with van der Waals surface area (Å²) in [4.78, 5) is 31.4. The van der Waals surface area contributed by atoms with Gasteiger partial charge in [0.05, 0.1) is 40.7 Å². The van der Waals surface area contributed by atoms with Crippen molar-refractivity contribution < 1.29 is 23.4 Å². The average Bonchev–Trinajstić information content (AvgIpc) is 3.43. The molecule has 0 bridgehead atoms. The second-order valence-corrected chi connectivity index (χ2v) is 14.1. The summed E-state index contributed by atoms with van der Waals surface area (Å²) in [7, 11) is -2.32. The summed E-state index contributed by atoms with van der Waals surface area (Å²) in [5.74, 6) is -1.03. The van der Waals surface area contributed by atoms with Crippen LogP contribution in [0.4, 0.5) is 0 Å². The van der Waals surface area contributed by atoms with Crippen molar-refractivity contribution in [2.75, 3.05) is 13.2 Å². The fourth-order valence-electron chi connectivity index (χ4n) is 4.73. The number of benzene rings is 3. The zero-order valence-electron chi connectivity index (χ0n) is 26.0. The van der Waals surface area contributed by atoms with Crippen LogP contribution in [0, 0.1) is 5.92 Å². The molecule has 0 aliphatic carbocycles. The molecule has 0 aliphatic heterocycles. The number of esters is 1. The summed E-state index contributed by atoms with van der Waals surface area (Å²) in [6, 6.07) is 27.5. The summed E-state index contributed by atoms with van der Waals surface area (Å²) in [5.41, 5.74) is 2.37. The number of fused-ring (bicyclic) bond motifs is 1. The topological polar surface area (TPSA) is 112 Å². The molecule has 2 aromatic heterocycles. The molecule has 2 atom stereocenters. The number of hydrogen-bond donors (Lipinski definition) is 1. The molecule has 0 fully saturated rings. The molecule has 5 rings (SSSR count). The molecule has 0 spiro atoms. The quantitative estimate of drug-likeness (QED) is 0.107. The predicted octanol–water partition coefficient (Wildman–Crippen LogP) is 7.82. The van der Waals surface area contributed by atoms with Crippen LogP contribution in [-0.2, 0) is 14.1 Å². The van der Waals surface area contributed by atoms with E-state index in [0.717, 1.165) is 20.9 Å². The second kappa shape index (κ2) is 14.6. The molecule has 0 saturated heterocycles. The van der Waals surface area contributed by atoms with Crippen LogP contribution in [0.1, 0.15) is 42.5 Å². The molecule has 1 N–H and O–H groups in total. The van der Waals surface area contributed by atoms with Gasteiger partial charge in [0.1, 0.15) is 5.75 Å². The summed E-state index contributed by atoms with van der Waals surface area (Å²) in [5, 5.41) is 8.26. The van der Waals surface area contributed by atoms with Gasteiger partial charge < -0.3 is 14.6 Å². The number of carbonyl (C=O) groups excluding carboxylic acids is 2. The Morgan fingerprint density at radius 3 is 2.41 bits per heavy atom. The van der Waals surface area contributed by atoms with Crippen LogP contribution < -0.4 is 9.84 Å². The van der Waals surface area contributed by atoms with Crippen molar-refractivity contribution in [2.24, 2.45) is 5.92 Å². The number of rotatable bonds is 12. The van der Waals surface area contributed by atoms with E-state index in [4.69, 9.17) is 14.4 Å². The third-order valence-electron chi connectivity index (χ3n) is 6.89. The van der Waals surface area contributed by atoms with Gasteiger partial charge in [0, 0.05) is 28.4 Å². The number of carbonyl (C=O) groups is 2. The monoisotopic (exact) mass is 654 g/mol. The highest BCUT2D eigenvalue weighted by molar-refractivity contribution is 7.99. The van der Waals surface area contributed by atoms with Gasteiger partial charge in [-0.05, 0) is 80.6 Å². The van der Waals surface area contributed by atoms with Crippen LogP contribution >= 0.6 is 19.3 Å². The first-order valence-electron chi connectivity index (χ1n) is 14.8. The molecule has 11 heteroatoms. The summed E-state index contributed by atoms with van der Waals surface area (Å²) in [6.45, 7) is 5.22. The first-order valence-corrected chi connectivity index (χ1v) is 17.4. The number of nitrogens with one attached hydrogen (secondary N) is 1. The molecule has 46 heavy (non-hydrogen) atoms.